The van der Waals surface area contributed by atoms with Crippen LogP contribution in [0.5, 0.6) is 11.5 Å². The summed E-state index contributed by atoms with van der Waals surface area (Å²) in [4.78, 5) is 12.7. The van der Waals surface area contributed by atoms with Crippen molar-refractivity contribution in [3.63, 3.8) is 0 Å². The van der Waals surface area contributed by atoms with Gasteiger partial charge in [0, 0.05) is 30.8 Å². The average molecular weight is 403 g/mol. The van der Waals surface area contributed by atoms with Crippen LogP contribution in [0.3, 0.4) is 0 Å². The summed E-state index contributed by atoms with van der Waals surface area (Å²) < 4.78 is 31.0. The number of methoxy groups -OCH3 is 1. The molecule has 7 nitrogen and oxygen atoms in total. The first-order valence-electron chi connectivity index (χ1n) is 9.24. The highest BCUT2D eigenvalue weighted by Crippen LogP contribution is 2.32. The van der Waals surface area contributed by atoms with Gasteiger partial charge in [-0.2, -0.15) is 0 Å². The van der Waals surface area contributed by atoms with E-state index in [2.05, 4.69) is 5.32 Å². The Balaban J connectivity index is 2.20. The van der Waals surface area contributed by atoms with Gasteiger partial charge in [-0.25, -0.2) is 4.39 Å². The molecule has 1 amide bonds. The molecule has 0 saturated carbocycles. The van der Waals surface area contributed by atoms with Crippen molar-refractivity contribution in [1.29, 1.82) is 5.41 Å². The minimum atomic E-state index is -1.17. The lowest BCUT2D eigenvalue weighted by molar-refractivity contribution is -0.131. The number of amidine groups is 1. The van der Waals surface area contributed by atoms with E-state index >= 15 is 0 Å². The minimum Gasteiger partial charge on any atom is -0.494 e. The Kier molecular flexibility index (Phi) is 7.97. The van der Waals surface area contributed by atoms with E-state index in [1.165, 1.54) is 19.2 Å². The summed E-state index contributed by atoms with van der Waals surface area (Å²) in [6, 6.07) is 9.78. The maximum atomic E-state index is 14.9. The average Bonchev–Trinajstić information content (AvgIpc) is 2.70. The predicted octanol–water partition coefficient (Wildman–Crippen LogP) is 2.91. The summed E-state index contributed by atoms with van der Waals surface area (Å²) in [7, 11) is 1.33. The first-order valence-corrected chi connectivity index (χ1v) is 9.24. The summed E-state index contributed by atoms with van der Waals surface area (Å²) in [5.41, 5.74) is 6.86. The van der Waals surface area contributed by atoms with Gasteiger partial charge in [-0.3, -0.25) is 10.2 Å². The van der Waals surface area contributed by atoms with E-state index in [0.717, 1.165) is 5.56 Å². The topological polar surface area (TPSA) is 107 Å². The summed E-state index contributed by atoms with van der Waals surface area (Å²) in [5.74, 6) is -0.804. The molecule has 1 unspecified atom stereocenters. The molecule has 0 fully saturated rings. The van der Waals surface area contributed by atoms with Crippen molar-refractivity contribution in [2.75, 3.05) is 20.3 Å². The summed E-state index contributed by atoms with van der Waals surface area (Å²) in [5, 5.41) is 10.1. The molecule has 156 valence electrons. The molecule has 0 aliphatic heterocycles. The number of nitrogens with two attached hydrogens (primary N) is 1. The third-order valence-electron chi connectivity index (χ3n) is 4.14. The van der Waals surface area contributed by atoms with Crippen molar-refractivity contribution < 1.29 is 23.4 Å². The van der Waals surface area contributed by atoms with Crippen molar-refractivity contribution in [2.45, 2.75) is 26.5 Å². The molecule has 0 aromatic heterocycles. The van der Waals surface area contributed by atoms with Crippen LogP contribution in [0.1, 0.15) is 36.6 Å². The van der Waals surface area contributed by atoms with Gasteiger partial charge in [-0.1, -0.05) is 24.3 Å². The molecule has 0 aliphatic rings. The first kappa shape index (κ1) is 22.2. The van der Waals surface area contributed by atoms with Gasteiger partial charge in [-0.15, -0.1) is 0 Å². The number of hydrogen-bond donors (Lipinski definition) is 3. The predicted molar refractivity (Wildman–Crippen MR) is 108 cm³/mol. The van der Waals surface area contributed by atoms with Crippen LogP contribution in [-0.2, 0) is 16.1 Å². The number of ether oxygens (including phenoxy) is 3. The van der Waals surface area contributed by atoms with Gasteiger partial charge in [0.1, 0.15) is 11.6 Å². The molecule has 0 bridgehead atoms. The van der Waals surface area contributed by atoms with Crippen LogP contribution in [-0.4, -0.2) is 32.1 Å². The van der Waals surface area contributed by atoms with Crippen LogP contribution in [0, 0.1) is 11.2 Å². The second kappa shape index (κ2) is 10.4. The monoisotopic (exact) mass is 403 g/mol. The molecule has 2 aromatic rings. The zero-order chi connectivity index (χ0) is 21.4. The highest BCUT2D eigenvalue weighted by atomic mass is 19.1. The third-order valence-corrected chi connectivity index (χ3v) is 4.14. The molecule has 0 aliphatic carbocycles. The van der Waals surface area contributed by atoms with Crippen molar-refractivity contribution in [3.05, 3.63) is 58.9 Å². The van der Waals surface area contributed by atoms with Crippen molar-refractivity contribution in [3.8, 4) is 11.5 Å². The van der Waals surface area contributed by atoms with Crippen molar-refractivity contribution in [2.24, 2.45) is 5.73 Å². The van der Waals surface area contributed by atoms with Gasteiger partial charge in [0.25, 0.3) is 5.91 Å². The minimum absolute atomic E-state index is 0.00289. The molecule has 4 N–H and O–H groups in total. The maximum absolute atomic E-state index is 14.9. The summed E-state index contributed by atoms with van der Waals surface area (Å²) >= 11 is 0. The lowest BCUT2D eigenvalue weighted by atomic mass is 10.1. The maximum Gasteiger partial charge on any atom is 0.254 e. The fraction of sp³-hybridized carbons (Fsp3) is 0.333. The molecule has 8 heteroatoms. The Labute approximate surface area is 169 Å². The van der Waals surface area contributed by atoms with Crippen LogP contribution in [0.25, 0.3) is 0 Å². The first-order chi connectivity index (χ1) is 13.9. The number of benzene rings is 2. The fourth-order valence-corrected chi connectivity index (χ4v) is 2.75. The Morgan fingerprint density at radius 3 is 2.38 bits per heavy atom. The molecule has 2 aromatic carbocycles. The zero-order valence-corrected chi connectivity index (χ0v) is 16.8. The molecule has 2 rings (SSSR count). The Hall–Kier alpha value is -3.13. The van der Waals surface area contributed by atoms with Gasteiger partial charge >= 0.3 is 0 Å². The van der Waals surface area contributed by atoms with E-state index in [0.29, 0.717) is 17.9 Å². The van der Waals surface area contributed by atoms with Crippen LogP contribution in [0.15, 0.2) is 36.4 Å². The number of amides is 1. The molecule has 0 spiro atoms. The quantitative estimate of drug-likeness (QED) is 0.418. The van der Waals surface area contributed by atoms with Crippen LogP contribution < -0.4 is 20.5 Å². The van der Waals surface area contributed by atoms with Crippen LogP contribution in [0.4, 0.5) is 4.39 Å². The fourth-order valence-electron chi connectivity index (χ4n) is 2.75. The van der Waals surface area contributed by atoms with Crippen molar-refractivity contribution in [1.82, 2.24) is 5.32 Å². The van der Waals surface area contributed by atoms with Gasteiger partial charge < -0.3 is 25.3 Å². The van der Waals surface area contributed by atoms with E-state index in [4.69, 9.17) is 25.4 Å². The summed E-state index contributed by atoms with van der Waals surface area (Å²) in [6.07, 6.45) is -1.17. The number of nitrogens with one attached hydrogen (secondary N) is 2. The number of rotatable bonds is 10. The number of carbonyl (C=O) groups excluding carboxylic acids is 1. The van der Waals surface area contributed by atoms with Gasteiger partial charge in [-0.05, 0) is 25.5 Å². The van der Waals surface area contributed by atoms with E-state index in [1.54, 1.807) is 38.1 Å². The van der Waals surface area contributed by atoms with Gasteiger partial charge in [0.2, 0.25) is 0 Å². The van der Waals surface area contributed by atoms with E-state index in [-0.39, 0.29) is 30.3 Å². The molecular weight excluding hydrogens is 377 g/mol. The number of nitrogen functional groups attached to an aromatic ring is 1. The molecule has 1 atom stereocenters. The van der Waals surface area contributed by atoms with E-state index in [9.17, 15) is 9.18 Å². The molecule has 0 heterocycles. The lowest BCUT2D eigenvalue weighted by Crippen LogP contribution is -2.30. The smallest absolute Gasteiger partial charge is 0.254 e. The SMILES string of the molecule is CCOc1cc(OCC)c(F)c(C(OC)C(=O)NCc2ccc(C(=N)N)cc2)c1. The zero-order valence-electron chi connectivity index (χ0n) is 16.8. The molecule has 0 radical (unpaired) electrons. The van der Waals surface area contributed by atoms with Crippen molar-refractivity contribution >= 4 is 11.7 Å². The second-order valence-electron chi connectivity index (χ2n) is 6.13. The highest BCUT2D eigenvalue weighted by Gasteiger charge is 2.26. The molecule has 29 heavy (non-hydrogen) atoms. The van der Waals surface area contributed by atoms with E-state index < -0.39 is 17.8 Å². The number of halogens is 1. The summed E-state index contributed by atoms with van der Waals surface area (Å²) in [6.45, 7) is 4.41. The van der Waals surface area contributed by atoms with Crippen LogP contribution >= 0.6 is 0 Å². The molecular formula is C21H26FN3O4. The Morgan fingerprint density at radius 1 is 1.17 bits per heavy atom. The normalized spacial score (nSPS) is 11.6. The van der Waals surface area contributed by atoms with E-state index in [1.807, 2.05) is 0 Å². The lowest BCUT2D eigenvalue weighted by Gasteiger charge is -2.19. The standard InChI is InChI=1S/C21H26FN3O4/c1-4-28-15-10-16(18(22)17(11-15)29-5-2)19(27-3)21(26)25-12-13-6-8-14(9-7-13)20(23)24/h6-11,19H,4-5,12H2,1-3H3,(H3,23,24)(H,25,26). The second-order valence-corrected chi connectivity index (χ2v) is 6.13. The van der Waals surface area contributed by atoms with Gasteiger partial charge in [0.05, 0.1) is 13.2 Å². The Morgan fingerprint density at radius 2 is 1.83 bits per heavy atom. The Bertz CT molecular complexity index is 856. The molecule has 0 saturated heterocycles. The third kappa shape index (κ3) is 5.68. The number of hydrogen-bond acceptors (Lipinski definition) is 5. The van der Waals surface area contributed by atoms with Gasteiger partial charge in [0.15, 0.2) is 17.7 Å². The largest absolute Gasteiger partial charge is 0.494 e. The van der Waals surface area contributed by atoms with Crippen LogP contribution in [0.2, 0.25) is 0 Å². The highest BCUT2D eigenvalue weighted by molar-refractivity contribution is 5.94. The number of carbonyl (C=O) groups is 1.